The Morgan fingerprint density at radius 2 is 1.93 bits per heavy atom. The topological polar surface area (TPSA) is 52.7 Å². The highest BCUT2D eigenvalue weighted by Gasteiger charge is 2.46. The van der Waals surface area contributed by atoms with Gasteiger partial charge in [-0.1, -0.05) is 0 Å². The molecule has 2 aliphatic heterocycles. The predicted molar refractivity (Wildman–Crippen MR) is 53.2 cm³/mol. The van der Waals surface area contributed by atoms with Crippen molar-refractivity contribution in [3.63, 3.8) is 0 Å². The number of imide groups is 1. The molecule has 0 spiro atoms. The SMILES string of the molecule is O=C1CN(C2CC2)C(=O)N1C1CCNC1. The summed E-state index contributed by atoms with van der Waals surface area (Å²) in [6.07, 6.45) is 3.03. The Hall–Kier alpha value is -1.10. The quantitative estimate of drug-likeness (QED) is 0.639. The summed E-state index contributed by atoms with van der Waals surface area (Å²) in [6.45, 7) is 1.97. The average molecular weight is 209 g/mol. The maximum absolute atomic E-state index is 12.0. The van der Waals surface area contributed by atoms with Crippen molar-refractivity contribution in [1.29, 1.82) is 0 Å². The van der Waals surface area contributed by atoms with Crippen molar-refractivity contribution < 1.29 is 9.59 Å². The second-order valence-electron chi connectivity index (χ2n) is 4.55. The third-order valence-corrected chi connectivity index (χ3v) is 3.41. The number of nitrogens with zero attached hydrogens (tertiary/aromatic N) is 2. The van der Waals surface area contributed by atoms with Crippen LogP contribution in [0.4, 0.5) is 4.79 Å². The van der Waals surface area contributed by atoms with Crippen molar-refractivity contribution in [3.8, 4) is 0 Å². The van der Waals surface area contributed by atoms with Gasteiger partial charge in [0.1, 0.15) is 6.54 Å². The normalized spacial score (nSPS) is 31.9. The van der Waals surface area contributed by atoms with E-state index in [2.05, 4.69) is 5.32 Å². The van der Waals surface area contributed by atoms with Gasteiger partial charge in [0, 0.05) is 12.6 Å². The molecule has 5 nitrogen and oxygen atoms in total. The van der Waals surface area contributed by atoms with Crippen LogP contribution in [0, 0.1) is 0 Å². The standard InChI is InChI=1S/C10H15N3O2/c14-9-6-12(7-1-2-7)10(15)13(9)8-3-4-11-5-8/h7-8,11H,1-6H2. The first-order valence-corrected chi connectivity index (χ1v) is 5.61. The van der Waals surface area contributed by atoms with Crippen LogP contribution in [0.3, 0.4) is 0 Å². The molecule has 0 aromatic heterocycles. The molecule has 3 aliphatic rings. The summed E-state index contributed by atoms with van der Waals surface area (Å²) < 4.78 is 0. The third kappa shape index (κ3) is 1.42. The van der Waals surface area contributed by atoms with Crippen LogP contribution in [0.5, 0.6) is 0 Å². The molecule has 1 aliphatic carbocycles. The minimum absolute atomic E-state index is 0.0133. The number of hydrogen-bond acceptors (Lipinski definition) is 3. The van der Waals surface area contributed by atoms with Gasteiger partial charge < -0.3 is 10.2 Å². The highest BCUT2D eigenvalue weighted by atomic mass is 16.2. The zero-order valence-corrected chi connectivity index (χ0v) is 8.61. The molecule has 0 aromatic carbocycles. The van der Waals surface area contributed by atoms with Crippen molar-refractivity contribution in [2.24, 2.45) is 0 Å². The Balaban J connectivity index is 1.76. The summed E-state index contributed by atoms with van der Waals surface area (Å²) in [5.74, 6) is -0.0133. The lowest BCUT2D eigenvalue weighted by molar-refractivity contribution is -0.126. The fraction of sp³-hybridized carbons (Fsp3) is 0.800. The molecular weight excluding hydrogens is 194 g/mol. The lowest BCUT2D eigenvalue weighted by Crippen LogP contribution is -2.42. The lowest BCUT2D eigenvalue weighted by Gasteiger charge is -2.21. The van der Waals surface area contributed by atoms with E-state index in [1.165, 1.54) is 4.90 Å². The van der Waals surface area contributed by atoms with Gasteiger partial charge in [-0.2, -0.15) is 0 Å². The van der Waals surface area contributed by atoms with E-state index >= 15 is 0 Å². The van der Waals surface area contributed by atoms with Crippen LogP contribution in [0.1, 0.15) is 19.3 Å². The van der Waals surface area contributed by atoms with Crippen LogP contribution in [-0.4, -0.2) is 53.5 Å². The summed E-state index contributed by atoms with van der Waals surface area (Å²) in [7, 11) is 0. The monoisotopic (exact) mass is 209 g/mol. The van der Waals surface area contributed by atoms with Crippen molar-refractivity contribution in [3.05, 3.63) is 0 Å². The summed E-state index contributed by atoms with van der Waals surface area (Å²) in [4.78, 5) is 26.9. The molecule has 2 heterocycles. The lowest BCUT2D eigenvalue weighted by atomic mass is 10.2. The fourth-order valence-corrected chi connectivity index (χ4v) is 2.43. The molecule has 1 N–H and O–H groups in total. The molecular formula is C10H15N3O2. The van der Waals surface area contributed by atoms with Crippen LogP contribution in [0.25, 0.3) is 0 Å². The van der Waals surface area contributed by atoms with E-state index in [1.807, 2.05) is 0 Å². The van der Waals surface area contributed by atoms with Gasteiger partial charge in [0.25, 0.3) is 5.91 Å². The van der Waals surface area contributed by atoms with E-state index in [4.69, 9.17) is 0 Å². The van der Waals surface area contributed by atoms with Gasteiger partial charge in [-0.15, -0.1) is 0 Å². The number of hydrogen-bond donors (Lipinski definition) is 1. The minimum Gasteiger partial charge on any atom is -0.315 e. The maximum atomic E-state index is 12.0. The number of amides is 3. The van der Waals surface area contributed by atoms with Crippen LogP contribution in [0.15, 0.2) is 0 Å². The summed E-state index contributed by atoms with van der Waals surface area (Å²) in [5.41, 5.74) is 0. The fourth-order valence-electron chi connectivity index (χ4n) is 2.43. The second-order valence-corrected chi connectivity index (χ2v) is 4.55. The summed E-state index contributed by atoms with van der Waals surface area (Å²) >= 11 is 0. The molecule has 82 valence electrons. The highest BCUT2D eigenvalue weighted by molar-refractivity contribution is 6.02. The molecule has 1 atom stereocenters. The average Bonchev–Trinajstić information content (AvgIpc) is 2.83. The highest BCUT2D eigenvalue weighted by Crippen LogP contribution is 2.31. The smallest absolute Gasteiger partial charge is 0.315 e. The van der Waals surface area contributed by atoms with E-state index in [1.54, 1.807) is 4.90 Å². The van der Waals surface area contributed by atoms with Crippen molar-refractivity contribution in [1.82, 2.24) is 15.1 Å². The van der Waals surface area contributed by atoms with Gasteiger partial charge >= 0.3 is 6.03 Å². The van der Waals surface area contributed by atoms with Gasteiger partial charge in [-0.3, -0.25) is 9.69 Å². The minimum atomic E-state index is -0.0591. The Labute approximate surface area is 88.4 Å². The van der Waals surface area contributed by atoms with Gasteiger partial charge in [0.2, 0.25) is 0 Å². The first-order valence-electron chi connectivity index (χ1n) is 5.61. The van der Waals surface area contributed by atoms with Gasteiger partial charge in [0.05, 0.1) is 6.04 Å². The first-order chi connectivity index (χ1) is 7.27. The molecule has 0 radical (unpaired) electrons. The molecule has 15 heavy (non-hydrogen) atoms. The van der Waals surface area contributed by atoms with E-state index in [9.17, 15) is 9.59 Å². The zero-order valence-electron chi connectivity index (χ0n) is 8.61. The van der Waals surface area contributed by atoms with E-state index in [0.717, 1.165) is 32.4 Å². The molecule has 3 amide bonds. The number of rotatable bonds is 2. The molecule has 1 unspecified atom stereocenters. The molecule has 3 fully saturated rings. The Kier molecular flexibility index (Phi) is 1.95. The van der Waals surface area contributed by atoms with Crippen molar-refractivity contribution in [2.75, 3.05) is 19.6 Å². The van der Waals surface area contributed by atoms with E-state index in [-0.39, 0.29) is 18.0 Å². The Morgan fingerprint density at radius 3 is 2.53 bits per heavy atom. The third-order valence-electron chi connectivity index (χ3n) is 3.41. The number of urea groups is 1. The van der Waals surface area contributed by atoms with Gasteiger partial charge in [-0.25, -0.2) is 4.79 Å². The summed E-state index contributed by atoms with van der Waals surface area (Å²) in [6, 6.07) is 0.380. The van der Waals surface area contributed by atoms with Crippen molar-refractivity contribution >= 4 is 11.9 Å². The zero-order chi connectivity index (χ0) is 10.4. The van der Waals surface area contributed by atoms with Gasteiger partial charge in [0.15, 0.2) is 0 Å². The summed E-state index contributed by atoms with van der Waals surface area (Å²) in [5, 5.41) is 3.19. The van der Waals surface area contributed by atoms with Gasteiger partial charge in [-0.05, 0) is 25.8 Å². The number of carbonyl (C=O) groups excluding carboxylic acids is 2. The van der Waals surface area contributed by atoms with Crippen LogP contribution in [0.2, 0.25) is 0 Å². The second kappa shape index (κ2) is 3.20. The van der Waals surface area contributed by atoms with Crippen LogP contribution < -0.4 is 5.32 Å². The molecule has 5 heteroatoms. The van der Waals surface area contributed by atoms with Crippen LogP contribution in [-0.2, 0) is 4.79 Å². The molecule has 0 bridgehead atoms. The molecule has 1 saturated carbocycles. The van der Waals surface area contributed by atoms with Crippen molar-refractivity contribution in [2.45, 2.75) is 31.3 Å². The first kappa shape index (κ1) is 9.15. The predicted octanol–water partition coefficient (Wildman–Crippen LogP) is -0.225. The number of nitrogens with one attached hydrogen (secondary N) is 1. The Bertz CT molecular complexity index is 308. The van der Waals surface area contributed by atoms with E-state index in [0.29, 0.717) is 12.6 Å². The molecule has 0 aromatic rings. The maximum Gasteiger partial charge on any atom is 0.327 e. The van der Waals surface area contributed by atoms with E-state index < -0.39 is 0 Å². The van der Waals surface area contributed by atoms with Crippen LogP contribution >= 0.6 is 0 Å². The molecule has 3 rings (SSSR count). The number of carbonyl (C=O) groups is 2. The molecule has 2 saturated heterocycles. The Morgan fingerprint density at radius 1 is 1.13 bits per heavy atom. The largest absolute Gasteiger partial charge is 0.327 e.